The van der Waals surface area contributed by atoms with Gasteiger partial charge < -0.3 is 9.64 Å². The molecule has 138 valence electrons. The Labute approximate surface area is 155 Å². The minimum Gasteiger partial charge on any atom is -0.445 e. The molecule has 4 nitrogen and oxygen atoms in total. The van der Waals surface area contributed by atoms with E-state index < -0.39 is 10.8 Å². The first-order chi connectivity index (χ1) is 12.5. The van der Waals surface area contributed by atoms with E-state index >= 15 is 0 Å². The lowest BCUT2D eigenvalue weighted by Crippen LogP contribution is -2.38. The maximum absolute atomic E-state index is 13.6. The van der Waals surface area contributed by atoms with Gasteiger partial charge in [-0.1, -0.05) is 30.3 Å². The molecule has 0 N–H and O–H groups in total. The number of hydrogen-bond donors (Lipinski definition) is 0. The number of nitrogens with zero attached hydrogens (tertiary/aromatic N) is 1. The molecule has 1 atom stereocenters. The van der Waals surface area contributed by atoms with Gasteiger partial charge in [0.05, 0.1) is 10.8 Å². The van der Waals surface area contributed by atoms with Crippen molar-refractivity contribution in [3.8, 4) is 0 Å². The summed E-state index contributed by atoms with van der Waals surface area (Å²) < 4.78 is 30.9. The van der Waals surface area contributed by atoms with E-state index in [1.165, 1.54) is 12.1 Å². The monoisotopic (exact) mass is 375 g/mol. The zero-order valence-corrected chi connectivity index (χ0v) is 15.5. The second kappa shape index (κ2) is 8.45. The third kappa shape index (κ3) is 4.49. The van der Waals surface area contributed by atoms with Crippen LogP contribution in [0.1, 0.15) is 29.9 Å². The van der Waals surface area contributed by atoms with Crippen molar-refractivity contribution in [2.75, 3.05) is 19.3 Å². The fourth-order valence-corrected chi connectivity index (χ4v) is 4.10. The molecule has 2 aromatic carbocycles. The predicted molar refractivity (Wildman–Crippen MR) is 98.9 cm³/mol. The van der Waals surface area contributed by atoms with E-state index in [0.717, 1.165) is 11.1 Å². The van der Waals surface area contributed by atoms with Gasteiger partial charge in [-0.05, 0) is 48.1 Å². The number of carbonyl (C=O) groups is 1. The van der Waals surface area contributed by atoms with Gasteiger partial charge in [0.25, 0.3) is 0 Å². The Balaban J connectivity index is 1.58. The largest absolute Gasteiger partial charge is 0.445 e. The number of carbonyl (C=O) groups excluding carboxylic acids is 1. The number of hydrogen-bond acceptors (Lipinski definition) is 3. The molecule has 1 aliphatic rings. The number of likely N-dealkylation sites (tertiary alicyclic amines) is 1. The number of ether oxygens (including phenoxy) is 1. The van der Waals surface area contributed by atoms with Gasteiger partial charge in [0, 0.05) is 24.2 Å². The first-order valence-electron chi connectivity index (χ1n) is 8.63. The lowest BCUT2D eigenvalue weighted by molar-refractivity contribution is 0.0869. The molecular weight excluding hydrogens is 353 g/mol. The maximum Gasteiger partial charge on any atom is 0.410 e. The van der Waals surface area contributed by atoms with Crippen molar-refractivity contribution in [2.45, 2.75) is 30.3 Å². The Morgan fingerprint density at radius 1 is 1.19 bits per heavy atom. The van der Waals surface area contributed by atoms with E-state index in [-0.39, 0.29) is 24.4 Å². The van der Waals surface area contributed by atoms with Crippen molar-refractivity contribution >= 4 is 16.9 Å². The normalized spacial score (nSPS) is 16.3. The molecule has 26 heavy (non-hydrogen) atoms. The molecule has 2 aromatic rings. The van der Waals surface area contributed by atoms with Gasteiger partial charge in [-0.15, -0.1) is 0 Å². The van der Waals surface area contributed by atoms with Crippen LogP contribution in [-0.2, 0) is 22.1 Å². The molecule has 0 spiro atoms. The molecule has 1 heterocycles. The molecule has 0 radical (unpaired) electrons. The molecule has 1 unspecified atom stereocenters. The highest BCUT2D eigenvalue weighted by molar-refractivity contribution is 7.84. The molecule has 6 heteroatoms. The van der Waals surface area contributed by atoms with E-state index in [2.05, 4.69) is 0 Å². The topological polar surface area (TPSA) is 46.6 Å². The molecule has 0 aliphatic carbocycles. The maximum atomic E-state index is 13.6. The molecule has 1 fully saturated rings. The zero-order valence-electron chi connectivity index (χ0n) is 14.7. The molecule has 0 aromatic heterocycles. The number of piperidine rings is 1. The fourth-order valence-electron chi connectivity index (χ4n) is 3.28. The van der Waals surface area contributed by atoms with Crippen LogP contribution >= 0.6 is 0 Å². The second-order valence-electron chi connectivity index (χ2n) is 6.44. The van der Waals surface area contributed by atoms with Crippen LogP contribution in [0.2, 0.25) is 0 Å². The molecule has 1 aliphatic heterocycles. The van der Waals surface area contributed by atoms with Gasteiger partial charge in [0.15, 0.2) is 0 Å². The minimum absolute atomic E-state index is 0.0998. The average Bonchev–Trinajstić information content (AvgIpc) is 2.66. The van der Waals surface area contributed by atoms with E-state index in [9.17, 15) is 13.4 Å². The SMILES string of the molecule is CS(=O)c1ccc(F)cc1C1CCN(C(=O)OCc2ccccc2)CC1. The summed E-state index contributed by atoms with van der Waals surface area (Å²) >= 11 is 0. The Morgan fingerprint density at radius 2 is 1.88 bits per heavy atom. The van der Waals surface area contributed by atoms with Crippen molar-refractivity contribution in [3.05, 3.63) is 65.5 Å². The lowest BCUT2D eigenvalue weighted by atomic mass is 9.89. The molecule has 0 bridgehead atoms. The summed E-state index contributed by atoms with van der Waals surface area (Å²) in [5, 5.41) is 0. The first-order valence-corrected chi connectivity index (χ1v) is 10.2. The second-order valence-corrected chi connectivity index (χ2v) is 7.79. The van der Waals surface area contributed by atoms with Crippen LogP contribution in [-0.4, -0.2) is 34.5 Å². The van der Waals surface area contributed by atoms with Crippen LogP contribution in [0, 0.1) is 5.82 Å². The zero-order chi connectivity index (χ0) is 18.5. The van der Waals surface area contributed by atoms with Crippen molar-refractivity contribution in [1.29, 1.82) is 0 Å². The molecule has 1 saturated heterocycles. The van der Waals surface area contributed by atoms with Crippen LogP contribution < -0.4 is 0 Å². The summed E-state index contributed by atoms with van der Waals surface area (Å²) in [5.41, 5.74) is 1.74. The van der Waals surface area contributed by atoms with Crippen LogP contribution in [0.25, 0.3) is 0 Å². The van der Waals surface area contributed by atoms with Gasteiger partial charge in [0.2, 0.25) is 0 Å². The average molecular weight is 375 g/mol. The Bertz CT molecular complexity index is 789. The van der Waals surface area contributed by atoms with E-state index in [4.69, 9.17) is 4.74 Å². The highest BCUT2D eigenvalue weighted by Gasteiger charge is 2.27. The molecular formula is C20H22FNO3S. The van der Waals surface area contributed by atoms with E-state index in [1.54, 1.807) is 17.2 Å². The van der Waals surface area contributed by atoms with Crippen LogP contribution in [0.3, 0.4) is 0 Å². The van der Waals surface area contributed by atoms with Gasteiger partial charge >= 0.3 is 6.09 Å². The Morgan fingerprint density at radius 3 is 2.54 bits per heavy atom. The Kier molecular flexibility index (Phi) is 6.04. The van der Waals surface area contributed by atoms with Crippen molar-refractivity contribution in [3.63, 3.8) is 0 Å². The summed E-state index contributed by atoms with van der Waals surface area (Å²) in [6.07, 6.45) is 2.68. The predicted octanol–water partition coefficient (Wildman–Crippen LogP) is 4.08. The van der Waals surface area contributed by atoms with Gasteiger partial charge in [0.1, 0.15) is 12.4 Å². The van der Waals surface area contributed by atoms with Gasteiger partial charge in [-0.25, -0.2) is 9.18 Å². The van der Waals surface area contributed by atoms with Gasteiger partial charge in [-0.3, -0.25) is 4.21 Å². The number of benzene rings is 2. The third-order valence-electron chi connectivity index (χ3n) is 4.68. The highest BCUT2D eigenvalue weighted by Crippen LogP contribution is 2.32. The minimum atomic E-state index is -1.16. The molecule has 3 rings (SSSR count). The summed E-state index contributed by atoms with van der Waals surface area (Å²) in [7, 11) is -1.16. The van der Waals surface area contributed by atoms with Crippen molar-refractivity contribution in [2.24, 2.45) is 0 Å². The standard InChI is InChI=1S/C20H22FNO3S/c1-26(24)19-8-7-17(21)13-18(19)16-9-11-22(12-10-16)20(23)25-14-15-5-3-2-4-6-15/h2-8,13,16H,9-12,14H2,1H3. The summed E-state index contributed by atoms with van der Waals surface area (Å²) in [6, 6.07) is 14.0. The molecule has 1 amide bonds. The number of amides is 1. The first kappa shape index (κ1) is 18.6. The summed E-state index contributed by atoms with van der Waals surface area (Å²) in [6.45, 7) is 1.34. The van der Waals surface area contributed by atoms with Gasteiger partial charge in [-0.2, -0.15) is 0 Å². The highest BCUT2D eigenvalue weighted by atomic mass is 32.2. The summed E-state index contributed by atoms with van der Waals surface area (Å²) in [4.78, 5) is 14.6. The van der Waals surface area contributed by atoms with Crippen LogP contribution in [0.5, 0.6) is 0 Å². The molecule has 0 saturated carbocycles. The van der Waals surface area contributed by atoms with Crippen LogP contribution in [0.15, 0.2) is 53.4 Å². The van der Waals surface area contributed by atoms with Crippen LogP contribution in [0.4, 0.5) is 9.18 Å². The quantitative estimate of drug-likeness (QED) is 0.809. The van der Waals surface area contributed by atoms with Crippen molar-refractivity contribution < 1.29 is 18.1 Å². The van der Waals surface area contributed by atoms with E-state index in [0.29, 0.717) is 30.8 Å². The third-order valence-corrected chi connectivity index (χ3v) is 5.67. The lowest BCUT2D eigenvalue weighted by Gasteiger charge is -2.32. The Hall–Kier alpha value is -2.21. The fraction of sp³-hybridized carbons (Fsp3) is 0.350. The number of halogens is 1. The summed E-state index contributed by atoms with van der Waals surface area (Å²) in [5.74, 6) is -0.221. The number of rotatable bonds is 4. The van der Waals surface area contributed by atoms with E-state index in [1.807, 2.05) is 30.3 Å². The van der Waals surface area contributed by atoms with Crippen molar-refractivity contribution in [1.82, 2.24) is 4.90 Å². The smallest absolute Gasteiger partial charge is 0.410 e.